The van der Waals surface area contributed by atoms with Crippen LogP contribution in [0.5, 0.6) is 0 Å². The Hall–Kier alpha value is -1.56. The van der Waals surface area contributed by atoms with Crippen molar-refractivity contribution >= 4 is 29.0 Å². The van der Waals surface area contributed by atoms with E-state index in [-0.39, 0.29) is 17.6 Å². The van der Waals surface area contributed by atoms with Gasteiger partial charge in [0.2, 0.25) is 5.91 Å². The molecule has 1 amide bonds. The number of nitrogens with two attached hydrogens (primary N) is 1. The van der Waals surface area contributed by atoms with E-state index in [4.69, 9.17) is 17.3 Å². The second-order valence-corrected chi connectivity index (χ2v) is 4.00. The highest BCUT2D eigenvalue weighted by Crippen LogP contribution is 2.26. The van der Waals surface area contributed by atoms with E-state index in [2.05, 4.69) is 9.97 Å². The van der Waals surface area contributed by atoms with Crippen LogP contribution in [0.25, 0.3) is 0 Å². The van der Waals surface area contributed by atoms with Crippen LogP contribution in [-0.4, -0.2) is 47.5 Å². The molecule has 0 aromatic carbocycles. The molecule has 2 heterocycles. The third-order valence-electron chi connectivity index (χ3n) is 2.57. The van der Waals surface area contributed by atoms with Crippen molar-refractivity contribution in [2.24, 2.45) is 0 Å². The minimum Gasteiger partial charge on any atom is -0.393 e. The Bertz CT molecular complexity index is 424. The van der Waals surface area contributed by atoms with Gasteiger partial charge in [0.05, 0.1) is 6.54 Å². The molecule has 2 rings (SSSR count). The molecule has 6 nitrogen and oxygen atoms in total. The van der Waals surface area contributed by atoms with Crippen molar-refractivity contribution in [3.05, 3.63) is 11.5 Å². The van der Waals surface area contributed by atoms with Gasteiger partial charge in [-0.3, -0.25) is 4.79 Å². The first-order valence-corrected chi connectivity index (χ1v) is 5.22. The quantitative estimate of drug-likeness (QED) is 0.700. The first-order valence-electron chi connectivity index (χ1n) is 4.84. The maximum Gasteiger partial charge on any atom is 0.241 e. The maximum atomic E-state index is 11.5. The van der Waals surface area contributed by atoms with E-state index in [1.807, 2.05) is 4.90 Å². The fourth-order valence-electron chi connectivity index (χ4n) is 1.56. The molecule has 1 aromatic rings. The third kappa shape index (κ3) is 1.88. The number of carbonyl (C=O) groups excluding carboxylic acids is 1. The van der Waals surface area contributed by atoms with E-state index in [0.29, 0.717) is 24.6 Å². The summed E-state index contributed by atoms with van der Waals surface area (Å²) in [4.78, 5) is 22.9. The van der Waals surface area contributed by atoms with Gasteiger partial charge >= 0.3 is 0 Å². The Morgan fingerprint density at radius 1 is 1.44 bits per heavy atom. The zero-order valence-electron chi connectivity index (χ0n) is 8.85. The number of piperazine rings is 1. The van der Waals surface area contributed by atoms with E-state index in [1.165, 1.54) is 6.33 Å². The molecular weight excluding hydrogens is 230 g/mol. The van der Waals surface area contributed by atoms with Gasteiger partial charge in [-0.2, -0.15) is 0 Å². The number of halogens is 1. The molecule has 0 radical (unpaired) electrons. The minimum atomic E-state index is 0.0420. The summed E-state index contributed by atoms with van der Waals surface area (Å²) in [5, 5.41) is 0.219. The molecule has 2 N–H and O–H groups in total. The van der Waals surface area contributed by atoms with Gasteiger partial charge in [-0.1, -0.05) is 11.6 Å². The van der Waals surface area contributed by atoms with Crippen molar-refractivity contribution < 1.29 is 4.79 Å². The molecule has 7 heteroatoms. The molecule has 1 fully saturated rings. The van der Waals surface area contributed by atoms with Crippen LogP contribution in [0.2, 0.25) is 5.15 Å². The second kappa shape index (κ2) is 4.13. The van der Waals surface area contributed by atoms with E-state index >= 15 is 0 Å². The van der Waals surface area contributed by atoms with Gasteiger partial charge in [0.1, 0.15) is 12.0 Å². The number of hydrogen-bond donors (Lipinski definition) is 1. The lowest BCUT2D eigenvalue weighted by Gasteiger charge is -2.33. The molecule has 1 aliphatic rings. The predicted molar refractivity (Wildman–Crippen MR) is 61.3 cm³/mol. The summed E-state index contributed by atoms with van der Waals surface area (Å²) in [5.74, 6) is 0.571. The van der Waals surface area contributed by atoms with E-state index in [1.54, 1.807) is 11.9 Å². The summed E-state index contributed by atoms with van der Waals surface area (Å²) in [7, 11) is 1.77. The van der Waals surface area contributed by atoms with Crippen molar-refractivity contribution in [1.82, 2.24) is 14.9 Å². The Balaban J connectivity index is 2.25. The minimum absolute atomic E-state index is 0.0420. The summed E-state index contributed by atoms with van der Waals surface area (Å²) in [5.41, 5.74) is 6.09. The van der Waals surface area contributed by atoms with E-state index in [0.717, 1.165) is 0 Å². The van der Waals surface area contributed by atoms with Crippen LogP contribution in [0.4, 0.5) is 11.5 Å². The molecule has 0 aliphatic carbocycles. The lowest BCUT2D eigenvalue weighted by atomic mass is 10.3. The van der Waals surface area contributed by atoms with E-state index < -0.39 is 0 Å². The highest BCUT2D eigenvalue weighted by molar-refractivity contribution is 6.32. The van der Waals surface area contributed by atoms with Crippen molar-refractivity contribution in [3.8, 4) is 0 Å². The third-order valence-corrected chi connectivity index (χ3v) is 2.87. The molecule has 0 spiro atoms. The number of aromatic nitrogens is 2. The number of nitrogen functional groups attached to an aromatic ring is 1. The van der Waals surface area contributed by atoms with Crippen LogP contribution >= 0.6 is 11.6 Å². The van der Waals surface area contributed by atoms with E-state index in [9.17, 15) is 4.79 Å². The monoisotopic (exact) mass is 241 g/mol. The summed E-state index contributed by atoms with van der Waals surface area (Å²) >= 11 is 5.80. The number of rotatable bonds is 1. The summed E-state index contributed by atoms with van der Waals surface area (Å²) in [6.45, 7) is 1.62. The SMILES string of the molecule is CN1CCN(c2ncnc(Cl)c2N)CC1=O. The number of hydrogen-bond acceptors (Lipinski definition) is 5. The predicted octanol–water partition coefficient (Wildman–Crippen LogP) is -0.00940. The van der Waals surface area contributed by atoms with Gasteiger partial charge in [0.25, 0.3) is 0 Å². The van der Waals surface area contributed by atoms with Gasteiger partial charge < -0.3 is 15.5 Å². The molecular formula is C9H12ClN5O. The lowest BCUT2D eigenvalue weighted by Crippen LogP contribution is -2.49. The molecule has 1 aromatic heterocycles. The number of carbonyl (C=O) groups is 1. The number of nitrogens with zero attached hydrogens (tertiary/aromatic N) is 4. The van der Waals surface area contributed by atoms with Crippen LogP contribution in [0.15, 0.2) is 6.33 Å². The maximum absolute atomic E-state index is 11.5. The number of amides is 1. The van der Waals surface area contributed by atoms with Gasteiger partial charge in [0.15, 0.2) is 11.0 Å². The fraction of sp³-hybridized carbons (Fsp3) is 0.444. The number of likely N-dealkylation sites (N-methyl/N-ethyl adjacent to an activating group) is 1. The molecule has 1 aliphatic heterocycles. The lowest BCUT2D eigenvalue weighted by molar-refractivity contribution is -0.129. The first-order chi connectivity index (χ1) is 7.59. The standard InChI is InChI=1S/C9H12ClN5O/c1-14-2-3-15(4-6(14)16)9-7(11)8(10)12-5-13-9/h5H,2-4,11H2,1H3. The molecule has 1 saturated heterocycles. The van der Waals surface area contributed by atoms with Gasteiger partial charge in [0, 0.05) is 20.1 Å². The molecule has 0 unspecified atom stereocenters. The van der Waals surface area contributed by atoms with Crippen LogP contribution < -0.4 is 10.6 Å². The van der Waals surface area contributed by atoms with Gasteiger partial charge in [-0.25, -0.2) is 9.97 Å². The molecule has 86 valence electrons. The average Bonchev–Trinajstić information content (AvgIpc) is 2.26. The summed E-state index contributed by atoms with van der Waals surface area (Å²) in [6.07, 6.45) is 1.34. The fourth-order valence-corrected chi connectivity index (χ4v) is 1.68. The van der Waals surface area contributed by atoms with Crippen LogP contribution in [0.3, 0.4) is 0 Å². The van der Waals surface area contributed by atoms with Gasteiger partial charge in [-0.15, -0.1) is 0 Å². The highest BCUT2D eigenvalue weighted by atomic mass is 35.5. The summed E-state index contributed by atoms with van der Waals surface area (Å²) < 4.78 is 0. The van der Waals surface area contributed by atoms with Crippen LogP contribution in [0, 0.1) is 0 Å². The normalized spacial score (nSPS) is 16.8. The Morgan fingerprint density at radius 2 is 2.19 bits per heavy atom. The van der Waals surface area contributed by atoms with Crippen molar-refractivity contribution in [3.63, 3.8) is 0 Å². The molecule has 0 bridgehead atoms. The number of anilines is 2. The molecule has 0 saturated carbocycles. The zero-order chi connectivity index (χ0) is 11.7. The van der Waals surface area contributed by atoms with Crippen molar-refractivity contribution in [2.45, 2.75) is 0 Å². The van der Waals surface area contributed by atoms with Crippen LogP contribution in [-0.2, 0) is 4.79 Å². The Kier molecular flexibility index (Phi) is 2.82. The zero-order valence-corrected chi connectivity index (χ0v) is 9.61. The average molecular weight is 242 g/mol. The topological polar surface area (TPSA) is 75.3 Å². The van der Waals surface area contributed by atoms with Gasteiger partial charge in [-0.05, 0) is 0 Å². The molecule has 16 heavy (non-hydrogen) atoms. The summed E-state index contributed by atoms with van der Waals surface area (Å²) in [6, 6.07) is 0. The van der Waals surface area contributed by atoms with Crippen molar-refractivity contribution in [1.29, 1.82) is 0 Å². The Labute approximate surface area is 98.0 Å². The van der Waals surface area contributed by atoms with Crippen molar-refractivity contribution in [2.75, 3.05) is 37.3 Å². The van der Waals surface area contributed by atoms with Crippen LogP contribution in [0.1, 0.15) is 0 Å². The first kappa shape index (κ1) is 10.9. The second-order valence-electron chi connectivity index (χ2n) is 3.64. The highest BCUT2D eigenvalue weighted by Gasteiger charge is 2.24. The largest absolute Gasteiger partial charge is 0.393 e. The smallest absolute Gasteiger partial charge is 0.241 e. The molecule has 0 atom stereocenters. The Morgan fingerprint density at radius 3 is 2.88 bits per heavy atom.